The molecule has 3 heterocycles. The molecule has 208 valence electrons. The van der Waals surface area contributed by atoms with E-state index in [9.17, 15) is 36.2 Å². The van der Waals surface area contributed by atoms with Crippen LogP contribution in [0.4, 0.5) is 42.4 Å². The highest BCUT2D eigenvalue weighted by molar-refractivity contribution is 5.75. The summed E-state index contributed by atoms with van der Waals surface area (Å²) in [6.07, 6.45) is -5.27. The summed E-state index contributed by atoms with van der Waals surface area (Å²) < 4.78 is 97.7. The fraction of sp³-hybridized carbons (Fsp3) is 0.522. The van der Waals surface area contributed by atoms with Gasteiger partial charge in [-0.1, -0.05) is 6.07 Å². The first-order valence-electron chi connectivity index (χ1n) is 11.7. The number of hydrogen-bond donors (Lipinski definition) is 3. The molecule has 0 aliphatic carbocycles. The van der Waals surface area contributed by atoms with E-state index in [1.54, 1.807) is 4.90 Å². The van der Waals surface area contributed by atoms with E-state index in [0.29, 0.717) is 19.0 Å². The number of hydrogen-bond acceptors (Lipinski definition) is 7. The number of carbonyl (C=O) groups excluding carboxylic acids is 1. The highest BCUT2D eigenvalue weighted by Gasteiger charge is 2.48. The van der Waals surface area contributed by atoms with Crippen LogP contribution in [0.15, 0.2) is 24.5 Å². The lowest BCUT2D eigenvalue weighted by Crippen LogP contribution is -2.48. The number of benzene rings is 1. The molecular weight excluding hydrogens is 525 g/mol. The predicted octanol–water partition coefficient (Wildman–Crippen LogP) is 2.94. The molecule has 38 heavy (non-hydrogen) atoms. The Morgan fingerprint density at radius 2 is 1.97 bits per heavy atom. The zero-order valence-electron chi connectivity index (χ0n) is 19.9. The molecule has 4 N–H and O–H groups in total. The molecule has 4 rings (SSSR count). The summed E-state index contributed by atoms with van der Waals surface area (Å²) in [6.45, 7) is -0.347. The fourth-order valence-corrected chi connectivity index (χ4v) is 4.85. The summed E-state index contributed by atoms with van der Waals surface area (Å²) in [5.74, 6) is -7.65. The van der Waals surface area contributed by atoms with Crippen molar-refractivity contribution in [2.75, 3.05) is 42.9 Å². The third kappa shape index (κ3) is 6.09. The smallest absolute Gasteiger partial charge is 0.391 e. The van der Waals surface area contributed by atoms with Gasteiger partial charge >= 0.3 is 6.18 Å². The molecule has 15 heteroatoms. The summed E-state index contributed by atoms with van der Waals surface area (Å²) >= 11 is 0. The number of likely N-dealkylation sites (tertiary alicyclic amines) is 1. The number of β-amino-alcohol motifs (C(OH)–C–C–N with tert-alkyl or cyclic N) is 1. The van der Waals surface area contributed by atoms with Crippen LogP contribution in [-0.4, -0.2) is 70.6 Å². The highest BCUT2D eigenvalue weighted by atomic mass is 19.4. The number of piperidine rings is 1. The second-order valence-electron chi connectivity index (χ2n) is 9.50. The van der Waals surface area contributed by atoms with Crippen molar-refractivity contribution in [3.63, 3.8) is 0 Å². The van der Waals surface area contributed by atoms with Gasteiger partial charge in [-0.15, -0.1) is 0 Å². The molecule has 0 radical (unpaired) electrons. The maximum absolute atomic E-state index is 15.4. The van der Waals surface area contributed by atoms with Gasteiger partial charge in [-0.3, -0.25) is 9.69 Å². The topological polar surface area (TPSA) is 108 Å². The zero-order chi connectivity index (χ0) is 27.8. The number of nitrogens with two attached hydrogens (primary N) is 1. The van der Waals surface area contributed by atoms with Crippen molar-refractivity contribution in [2.45, 2.75) is 37.1 Å². The van der Waals surface area contributed by atoms with Gasteiger partial charge in [-0.05, 0) is 25.1 Å². The van der Waals surface area contributed by atoms with Crippen LogP contribution >= 0.6 is 0 Å². The van der Waals surface area contributed by atoms with E-state index in [1.807, 2.05) is 0 Å². The van der Waals surface area contributed by atoms with Gasteiger partial charge in [-0.25, -0.2) is 23.1 Å². The average Bonchev–Trinajstić information content (AvgIpc) is 3.13. The predicted molar refractivity (Wildman–Crippen MR) is 121 cm³/mol. The minimum absolute atomic E-state index is 0.0116. The van der Waals surface area contributed by atoms with Crippen molar-refractivity contribution < 1.29 is 40.6 Å². The SMILES string of the molecule is NC(=O)CN1CC[C@@H](CNc2ncnc(N3CC(F)(F)C[C@@H]3c3ccc(C(F)(F)F)cc3F)c2F)[C@H](O)C1. The molecule has 1 aromatic carbocycles. The van der Waals surface area contributed by atoms with Gasteiger partial charge in [0, 0.05) is 31.0 Å². The van der Waals surface area contributed by atoms with Crippen LogP contribution in [0, 0.1) is 17.6 Å². The Bertz CT molecular complexity index is 1180. The van der Waals surface area contributed by atoms with Gasteiger partial charge in [0.15, 0.2) is 11.6 Å². The van der Waals surface area contributed by atoms with E-state index >= 15 is 4.39 Å². The van der Waals surface area contributed by atoms with Gasteiger partial charge in [0.2, 0.25) is 11.7 Å². The normalized spacial score (nSPS) is 24.0. The Morgan fingerprint density at radius 3 is 2.61 bits per heavy atom. The van der Waals surface area contributed by atoms with Crippen LogP contribution in [0.5, 0.6) is 0 Å². The molecule has 2 aliphatic heterocycles. The Morgan fingerprint density at radius 1 is 1.24 bits per heavy atom. The van der Waals surface area contributed by atoms with E-state index in [2.05, 4.69) is 15.3 Å². The number of amides is 1. The van der Waals surface area contributed by atoms with Gasteiger partial charge in [0.1, 0.15) is 12.1 Å². The van der Waals surface area contributed by atoms with Gasteiger partial charge < -0.3 is 21.1 Å². The minimum Gasteiger partial charge on any atom is -0.391 e. The molecule has 0 saturated carbocycles. The van der Waals surface area contributed by atoms with Crippen molar-refractivity contribution in [3.8, 4) is 0 Å². The van der Waals surface area contributed by atoms with Crippen molar-refractivity contribution >= 4 is 17.5 Å². The monoisotopic (exact) mass is 550 g/mol. The van der Waals surface area contributed by atoms with Crippen LogP contribution in [-0.2, 0) is 11.0 Å². The quantitative estimate of drug-likeness (QED) is 0.455. The Labute approximate surface area is 212 Å². The van der Waals surface area contributed by atoms with Crippen LogP contribution in [0.2, 0.25) is 0 Å². The lowest BCUT2D eigenvalue weighted by molar-refractivity contribution is -0.137. The van der Waals surface area contributed by atoms with Crippen molar-refractivity contribution in [3.05, 3.63) is 47.3 Å². The first-order valence-corrected chi connectivity index (χ1v) is 11.7. The van der Waals surface area contributed by atoms with Crippen LogP contribution in [0.25, 0.3) is 0 Å². The van der Waals surface area contributed by atoms with E-state index in [4.69, 9.17) is 5.73 Å². The first kappa shape index (κ1) is 27.8. The lowest BCUT2D eigenvalue weighted by atomic mass is 9.93. The third-order valence-corrected chi connectivity index (χ3v) is 6.72. The molecule has 2 saturated heterocycles. The number of carbonyl (C=O) groups is 1. The van der Waals surface area contributed by atoms with Gasteiger partial charge in [-0.2, -0.15) is 17.6 Å². The van der Waals surface area contributed by atoms with E-state index in [0.717, 1.165) is 17.3 Å². The molecule has 3 atom stereocenters. The summed E-state index contributed by atoms with van der Waals surface area (Å²) in [5, 5.41) is 13.1. The second-order valence-corrected chi connectivity index (χ2v) is 9.50. The number of aliphatic hydroxyl groups is 1. The Kier molecular flexibility index (Phi) is 7.70. The fourth-order valence-electron chi connectivity index (χ4n) is 4.85. The molecule has 8 nitrogen and oxygen atoms in total. The van der Waals surface area contributed by atoms with E-state index in [-0.39, 0.29) is 37.4 Å². The molecule has 1 amide bonds. The summed E-state index contributed by atoms with van der Waals surface area (Å²) in [6, 6.07) is 0.0755. The van der Waals surface area contributed by atoms with Crippen LogP contribution < -0.4 is 16.0 Å². The number of primary amides is 1. The first-order chi connectivity index (χ1) is 17.7. The van der Waals surface area contributed by atoms with E-state index < -0.39 is 71.7 Å². The summed E-state index contributed by atoms with van der Waals surface area (Å²) in [4.78, 5) is 21.1. The van der Waals surface area contributed by atoms with Crippen molar-refractivity contribution in [2.24, 2.45) is 11.7 Å². The van der Waals surface area contributed by atoms with E-state index in [1.165, 1.54) is 0 Å². The van der Waals surface area contributed by atoms with Gasteiger partial charge in [0.05, 0.1) is 30.8 Å². The van der Waals surface area contributed by atoms with Crippen molar-refractivity contribution in [1.82, 2.24) is 14.9 Å². The molecular formula is C23H25F7N6O2. The van der Waals surface area contributed by atoms with Crippen LogP contribution in [0.1, 0.15) is 30.0 Å². The molecule has 0 unspecified atom stereocenters. The van der Waals surface area contributed by atoms with Crippen molar-refractivity contribution in [1.29, 1.82) is 0 Å². The second kappa shape index (κ2) is 10.5. The summed E-state index contributed by atoms with van der Waals surface area (Å²) in [7, 11) is 0. The maximum atomic E-state index is 15.4. The maximum Gasteiger partial charge on any atom is 0.416 e. The molecule has 1 aromatic heterocycles. The third-order valence-electron chi connectivity index (χ3n) is 6.72. The highest BCUT2D eigenvalue weighted by Crippen LogP contribution is 2.45. The number of alkyl halides is 5. The number of nitrogens with zero attached hydrogens (tertiary/aromatic N) is 4. The van der Waals surface area contributed by atoms with Crippen LogP contribution in [0.3, 0.4) is 0 Å². The Hall–Kier alpha value is -3.20. The number of nitrogens with one attached hydrogen (secondary N) is 1. The van der Waals surface area contributed by atoms with Gasteiger partial charge in [0.25, 0.3) is 5.92 Å². The number of aliphatic hydroxyl groups excluding tert-OH is 1. The largest absolute Gasteiger partial charge is 0.416 e. The lowest BCUT2D eigenvalue weighted by Gasteiger charge is -2.35. The Balaban J connectivity index is 1.53. The molecule has 2 fully saturated rings. The number of rotatable bonds is 7. The molecule has 2 aliphatic rings. The summed E-state index contributed by atoms with van der Waals surface area (Å²) in [5.41, 5.74) is 3.44. The molecule has 2 aromatic rings. The molecule has 0 bridgehead atoms. The number of aromatic nitrogens is 2. The average molecular weight is 550 g/mol. The number of halogens is 7. The minimum atomic E-state index is -4.83. The standard InChI is InChI=1S/C23H25F7N6O2/c24-15-5-13(23(28,29)30)1-2-14(15)16-6-22(26,27)10-36(16)21-19(25)20(33-11-34-21)32-7-12-3-4-35(8-17(12)37)9-18(31)38/h1-2,5,11-12,16-17,37H,3-4,6-10H2,(H2,31,38)(H,32,33,34)/t12-,16+,17+/m0/s1. The molecule has 0 spiro atoms. The number of anilines is 2. The zero-order valence-corrected chi connectivity index (χ0v) is 19.9.